The maximum Gasteiger partial charge on any atom is 0.117 e. The van der Waals surface area contributed by atoms with Gasteiger partial charge in [-0.3, -0.25) is 0 Å². The fourth-order valence-electron chi connectivity index (χ4n) is 2.95. The van der Waals surface area contributed by atoms with Crippen LogP contribution in [0.4, 0.5) is 0 Å². The monoisotopic (exact) mass is 295 g/mol. The van der Waals surface area contributed by atoms with E-state index in [1.165, 1.54) is 67.8 Å². The van der Waals surface area contributed by atoms with Gasteiger partial charge in [-0.1, -0.05) is 45.4 Å². The molecule has 1 heterocycles. The van der Waals surface area contributed by atoms with Gasteiger partial charge in [0.15, 0.2) is 0 Å². The largest absolute Gasteiger partial charge is 0.317 e. The fourth-order valence-corrected chi connectivity index (χ4v) is 3.95. The van der Waals surface area contributed by atoms with Crippen molar-refractivity contribution in [2.45, 2.75) is 71.1 Å². The summed E-state index contributed by atoms with van der Waals surface area (Å²) < 4.78 is 0. The highest BCUT2D eigenvalue weighted by molar-refractivity contribution is 7.11. The van der Waals surface area contributed by atoms with Crippen LogP contribution >= 0.6 is 11.3 Å². The molecule has 1 aromatic rings. The smallest absolute Gasteiger partial charge is 0.117 e. The second-order valence-corrected chi connectivity index (χ2v) is 7.15. The second-order valence-electron chi connectivity index (χ2n) is 6.00. The molecule has 0 atom stereocenters. The van der Waals surface area contributed by atoms with Crippen LogP contribution in [0, 0.1) is 5.92 Å². The number of aromatic nitrogens is 2. The highest BCUT2D eigenvalue weighted by Crippen LogP contribution is 2.27. The van der Waals surface area contributed by atoms with E-state index in [1.54, 1.807) is 0 Å². The van der Waals surface area contributed by atoms with Gasteiger partial charge < -0.3 is 5.32 Å². The minimum Gasteiger partial charge on any atom is -0.317 e. The Hall–Kier alpha value is -0.480. The molecule has 0 spiro atoms. The molecule has 0 aromatic carbocycles. The van der Waals surface area contributed by atoms with Gasteiger partial charge in [0.2, 0.25) is 0 Å². The van der Waals surface area contributed by atoms with Gasteiger partial charge in [0.25, 0.3) is 0 Å². The van der Waals surface area contributed by atoms with Gasteiger partial charge in [-0.05, 0) is 31.8 Å². The molecule has 0 amide bonds. The normalized spacial score (nSPS) is 17.2. The van der Waals surface area contributed by atoms with E-state index in [4.69, 9.17) is 0 Å². The van der Waals surface area contributed by atoms with Gasteiger partial charge in [-0.2, -0.15) is 0 Å². The van der Waals surface area contributed by atoms with Crippen molar-refractivity contribution in [1.29, 1.82) is 0 Å². The first-order valence-corrected chi connectivity index (χ1v) is 9.22. The van der Waals surface area contributed by atoms with E-state index >= 15 is 0 Å². The molecule has 1 saturated carbocycles. The number of nitrogens with one attached hydrogen (secondary N) is 1. The first kappa shape index (κ1) is 15.9. The molecular formula is C16H29N3S. The van der Waals surface area contributed by atoms with Crippen molar-refractivity contribution < 1.29 is 0 Å². The number of aryl methyl sites for hydroxylation is 1. The molecule has 1 aliphatic carbocycles. The third-order valence-electron chi connectivity index (χ3n) is 4.12. The van der Waals surface area contributed by atoms with E-state index < -0.39 is 0 Å². The van der Waals surface area contributed by atoms with Crippen LogP contribution in [-0.4, -0.2) is 23.3 Å². The Morgan fingerprint density at radius 3 is 2.55 bits per heavy atom. The molecule has 0 unspecified atom stereocenters. The summed E-state index contributed by atoms with van der Waals surface area (Å²) in [5.74, 6) is 0.865. The third kappa shape index (κ3) is 5.88. The Morgan fingerprint density at radius 1 is 1.05 bits per heavy atom. The van der Waals surface area contributed by atoms with Crippen LogP contribution in [0.3, 0.4) is 0 Å². The zero-order valence-corrected chi connectivity index (χ0v) is 13.7. The Kier molecular flexibility index (Phi) is 7.52. The zero-order chi connectivity index (χ0) is 14.0. The summed E-state index contributed by atoms with van der Waals surface area (Å²) in [6.07, 6.45) is 13.1. The van der Waals surface area contributed by atoms with Crippen molar-refractivity contribution in [3.8, 4) is 0 Å². The first-order valence-electron chi connectivity index (χ1n) is 8.40. The average Bonchev–Trinajstić information content (AvgIpc) is 2.73. The van der Waals surface area contributed by atoms with Crippen LogP contribution in [0.15, 0.2) is 0 Å². The summed E-state index contributed by atoms with van der Waals surface area (Å²) in [6, 6.07) is 0. The summed E-state index contributed by atoms with van der Waals surface area (Å²) in [5, 5.41) is 14.7. The van der Waals surface area contributed by atoms with Gasteiger partial charge >= 0.3 is 0 Å². The molecule has 1 aromatic heterocycles. The Labute approximate surface area is 127 Å². The standard InChI is InChI=1S/C16H29N3S/c1-2-11-17-12-7-10-15-18-19-16(20-15)13-14-8-5-3-4-6-9-14/h14,17H,2-13H2,1H3. The molecule has 0 saturated heterocycles. The predicted octanol–water partition coefficient (Wildman–Crippen LogP) is 3.98. The lowest BCUT2D eigenvalue weighted by Gasteiger charge is -2.10. The van der Waals surface area contributed by atoms with Crippen molar-refractivity contribution in [3.63, 3.8) is 0 Å². The van der Waals surface area contributed by atoms with Gasteiger partial charge in [0.05, 0.1) is 0 Å². The maximum atomic E-state index is 4.40. The molecule has 2 rings (SSSR count). The van der Waals surface area contributed by atoms with E-state index in [0.29, 0.717) is 0 Å². The molecule has 0 bridgehead atoms. The predicted molar refractivity (Wildman–Crippen MR) is 86.3 cm³/mol. The highest BCUT2D eigenvalue weighted by atomic mass is 32.1. The Bertz CT molecular complexity index is 356. The van der Waals surface area contributed by atoms with Gasteiger partial charge in [0, 0.05) is 12.8 Å². The fraction of sp³-hybridized carbons (Fsp3) is 0.875. The van der Waals surface area contributed by atoms with E-state index in [-0.39, 0.29) is 0 Å². The first-order chi connectivity index (χ1) is 9.88. The lowest BCUT2D eigenvalue weighted by molar-refractivity contribution is 0.456. The minimum atomic E-state index is 0.865. The number of hydrogen-bond acceptors (Lipinski definition) is 4. The zero-order valence-electron chi connectivity index (χ0n) is 12.9. The average molecular weight is 295 g/mol. The van der Waals surface area contributed by atoms with Crippen LogP contribution in [0.2, 0.25) is 0 Å². The molecule has 114 valence electrons. The summed E-state index contributed by atoms with van der Waals surface area (Å²) in [5.41, 5.74) is 0. The van der Waals surface area contributed by atoms with E-state index in [0.717, 1.165) is 25.4 Å². The molecule has 20 heavy (non-hydrogen) atoms. The van der Waals surface area contributed by atoms with Crippen molar-refractivity contribution in [2.75, 3.05) is 13.1 Å². The highest BCUT2D eigenvalue weighted by Gasteiger charge is 2.15. The maximum absolute atomic E-state index is 4.40. The minimum absolute atomic E-state index is 0.865. The topological polar surface area (TPSA) is 37.8 Å². The molecule has 0 radical (unpaired) electrons. The molecule has 0 aliphatic heterocycles. The van der Waals surface area contributed by atoms with Crippen molar-refractivity contribution in [2.24, 2.45) is 5.92 Å². The van der Waals surface area contributed by atoms with Crippen molar-refractivity contribution in [3.05, 3.63) is 10.0 Å². The van der Waals surface area contributed by atoms with Crippen LogP contribution in [0.1, 0.15) is 68.3 Å². The Balaban J connectivity index is 1.68. The summed E-state index contributed by atoms with van der Waals surface area (Å²) in [7, 11) is 0. The van der Waals surface area contributed by atoms with E-state index in [2.05, 4.69) is 22.4 Å². The number of hydrogen-bond donors (Lipinski definition) is 1. The van der Waals surface area contributed by atoms with Crippen LogP contribution in [0.25, 0.3) is 0 Å². The summed E-state index contributed by atoms with van der Waals surface area (Å²) >= 11 is 1.85. The summed E-state index contributed by atoms with van der Waals surface area (Å²) in [4.78, 5) is 0. The van der Waals surface area contributed by atoms with Crippen molar-refractivity contribution in [1.82, 2.24) is 15.5 Å². The van der Waals surface area contributed by atoms with Crippen LogP contribution in [-0.2, 0) is 12.8 Å². The van der Waals surface area contributed by atoms with E-state index in [9.17, 15) is 0 Å². The van der Waals surface area contributed by atoms with Crippen molar-refractivity contribution >= 4 is 11.3 Å². The molecule has 1 fully saturated rings. The Morgan fingerprint density at radius 2 is 1.80 bits per heavy atom. The third-order valence-corrected chi connectivity index (χ3v) is 5.12. The number of nitrogens with zero attached hydrogens (tertiary/aromatic N) is 2. The molecule has 3 nitrogen and oxygen atoms in total. The molecule has 1 N–H and O–H groups in total. The summed E-state index contributed by atoms with van der Waals surface area (Å²) in [6.45, 7) is 4.44. The molecular weight excluding hydrogens is 266 g/mol. The van der Waals surface area contributed by atoms with Gasteiger partial charge in [-0.15, -0.1) is 21.5 Å². The lowest BCUT2D eigenvalue weighted by atomic mass is 9.97. The SMILES string of the molecule is CCCNCCCc1nnc(CC2CCCCCC2)s1. The number of rotatable bonds is 8. The van der Waals surface area contributed by atoms with Gasteiger partial charge in [0.1, 0.15) is 10.0 Å². The lowest BCUT2D eigenvalue weighted by Crippen LogP contribution is -2.16. The molecule has 4 heteroatoms. The van der Waals surface area contributed by atoms with Crippen LogP contribution < -0.4 is 5.32 Å². The van der Waals surface area contributed by atoms with Gasteiger partial charge in [-0.25, -0.2) is 0 Å². The van der Waals surface area contributed by atoms with E-state index in [1.807, 2.05) is 11.3 Å². The second kappa shape index (κ2) is 9.46. The van der Waals surface area contributed by atoms with Crippen LogP contribution in [0.5, 0.6) is 0 Å². The molecule has 1 aliphatic rings. The quantitative estimate of drug-likeness (QED) is 0.582.